The van der Waals surface area contributed by atoms with Crippen LogP contribution >= 0.6 is 27.7 Å². The van der Waals surface area contributed by atoms with Crippen LogP contribution in [0.1, 0.15) is 49.0 Å². The van der Waals surface area contributed by atoms with Crippen molar-refractivity contribution in [2.75, 3.05) is 0 Å². The summed E-state index contributed by atoms with van der Waals surface area (Å²) in [5, 5.41) is 4.06. The summed E-state index contributed by atoms with van der Waals surface area (Å²) in [7, 11) is 0. The van der Waals surface area contributed by atoms with Crippen molar-refractivity contribution in [2.24, 2.45) is 11.8 Å². The Hall–Kier alpha value is -1.33. The molecule has 1 N–H and O–H groups in total. The number of thioether (sulfide) groups is 1. The van der Waals surface area contributed by atoms with Gasteiger partial charge in [0, 0.05) is 22.5 Å². The van der Waals surface area contributed by atoms with Crippen LogP contribution in [0.15, 0.2) is 52.1 Å². The number of pyridine rings is 1. The van der Waals surface area contributed by atoms with Crippen molar-refractivity contribution in [2.45, 2.75) is 49.9 Å². The van der Waals surface area contributed by atoms with Crippen LogP contribution in [0.2, 0.25) is 0 Å². The first-order chi connectivity index (χ1) is 12.5. The number of nitrogens with zero attached hydrogens (tertiary/aromatic N) is 1. The number of halogens is 1. The van der Waals surface area contributed by atoms with Crippen LogP contribution in [0, 0.1) is 11.8 Å². The van der Waals surface area contributed by atoms with Gasteiger partial charge in [-0.15, -0.1) is 11.8 Å². The molecule has 1 aliphatic rings. The summed E-state index contributed by atoms with van der Waals surface area (Å²) in [4.78, 5) is 17.3. The summed E-state index contributed by atoms with van der Waals surface area (Å²) >= 11 is 5.11. The molecule has 1 heterocycles. The molecule has 1 aromatic heterocycles. The number of hydrogen-bond donors (Lipinski definition) is 1. The van der Waals surface area contributed by atoms with Crippen molar-refractivity contribution >= 4 is 33.6 Å². The van der Waals surface area contributed by atoms with Gasteiger partial charge in [0.2, 0.25) is 0 Å². The fourth-order valence-corrected chi connectivity index (χ4v) is 4.87. The van der Waals surface area contributed by atoms with Crippen LogP contribution < -0.4 is 5.32 Å². The Morgan fingerprint density at radius 1 is 1.27 bits per heavy atom. The molecule has 3 nitrogen and oxygen atoms in total. The number of amides is 1. The molecule has 1 fully saturated rings. The molecule has 1 aliphatic carbocycles. The smallest absolute Gasteiger partial charge is 0.254 e. The molecule has 1 saturated carbocycles. The molecular formula is C21H25BrN2OS. The van der Waals surface area contributed by atoms with Crippen molar-refractivity contribution in [1.82, 2.24) is 10.3 Å². The largest absolute Gasteiger partial charge is 0.349 e. The zero-order chi connectivity index (χ0) is 18.5. The fraction of sp³-hybridized carbons (Fsp3) is 0.429. The van der Waals surface area contributed by atoms with Crippen LogP contribution in [0.5, 0.6) is 0 Å². The summed E-state index contributed by atoms with van der Waals surface area (Å²) in [6.07, 6.45) is 5.27. The maximum atomic E-state index is 12.9. The van der Waals surface area contributed by atoms with Crippen molar-refractivity contribution < 1.29 is 4.79 Å². The zero-order valence-electron chi connectivity index (χ0n) is 15.2. The number of benzene rings is 1. The minimum Gasteiger partial charge on any atom is -0.349 e. The van der Waals surface area contributed by atoms with Crippen LogP contribution in [-0.4, -0.2) is 16.9 Å². The van der Waals surface area contributed by atoms with E-state index < -0.39 is 0 Å². The minimum atomic E-state index is 0.000734. The summed E-state index contributed by atoms with van der Waals surface area (Å²) in [5.41, 5.74) is 1.88. The van der Waals surface area contributed by atoms with Gasteiger partial charge in [-0.2, -0.15) is 0 Å². The molecular weight excluding hydrogens is 408 g/mol. The molecule has 1 aromatic carbocycles. The third-order valence-electron chi connectivity index (χ3n) is 5.30. The average molecular weight is 433 g/mol. The highest BCUT2D eigenvalue weighted by Crippen LogP contribution is 2.30. The summed E-state index contributed by atoms with van der Waals surface area (Å²) < 4.78 is 1.06. The average Bonchev–Trinajstić information content (AvgIpc) is 2.64. The van der Waals surface area contributed by atoms with Crippen LogP contribution in [0.4, 0.5) is 0 Å². The lowest BCUT2D eigenvalue weighted by Crippen LogP contribution is -2.43. The van der Waals surface area contributed by atoms with E-state index >= 15 is 0 Å². The number of hydrogen-bond acceptors (Lipinski definition) is 3. The molecule has 0 radical (unpaired) electrons. The van der Waals surface area contributed by atoms with E-state index in [0.717, 1.165) is 21.7 Å². The van der Waals surface area contributed by atoms with Crippen molar-refractivity contribution in [3.05, 3.63) is 58.2 Å². The lowest BCUT2D eigenvalue weighted by Gasteiger charge is -2.34. The standard InChI is InChI=1S/C21H25BrN2OS/c1-14-6-3-10-19(15(14)2)24-20(25)18-9-5-11-23-21(18)26-13-16-7-4-8-17(22)12-16/h4-5,7-9,11-12,14-15,19H,3,6,10,13H2,1-2H3,(H,24,25)/t14-,15+,19+/m1/s1. The van der Waals surface area contributed by atoms with Crippen molar-refractivity contribution in [3.8, 4) is 0 Å². The van der Waals surface area contributed by atoms with Gasteiger partial charge in [-0.25, -0.2) is 4.98 Å². The Morgan fingerprint density at radius 2 is 2.12 bits per heavy atom. The van der Waals surface area contributed by atoms with E-state index in [1.807, 2.05) is 24.3 Å². The van der Waals surface area contributed by atoms with Gasteiger partial charge >= 0.3 is 0 Å². The normalized spacial score (nSPS) is 22.8. The number of carbonyl (C=O) groups is 1. The number of nitrogens with one attached hydrogen (secondary N) is 1. The molecule has 0 spiro atoms. The van der Waals surface area contributed by atoms with E-state index in [1.165, 1.54) is 18.4 Å². The minimum absolute atomic E-state index is 0.000734. The van der Waals surface area contributed by atoms with Gasteiger partial charge in [0.25, 0.3) is 5.91 Å². The first-order valence-corrected chi connectivity index (χ1v) is 11.0. The highest BCUT2D eigenvalue weighted by atomic mass is 79.9. The maximum absolute atomic E-state index is 12.9. The van der Waals surface area contributed by atoms with E-state index in [9.17, 15) is 4.79 Å². The molecule has 0 bridgehead atoms. The Labute approximate surface area is 168 Å². The number of carbonyl (C=O) groups excluding carboxylic acids is 1. The molecule has 5 heteroatoms. The second-order valence-electron chi connectivity index (χ2n) is 7.12. The van der Waals surface area contributed by atoms with Crippen LogP contribution in [0.25, 0.3) is 0 Å². The van der Waals surface area contributed by atoms with Gasteiger partial charge in [0.05, 0.1) is 5.56 Å². The second-order valence-corrected chi connectivity index (χ2v) is 9.00. The number of aromatic nitrogens is 1. The van der Waals surface area contributed by atoms with E-state index in [-0.39, 0.29) is 11.9 Å². The summed E-state index contributed by atoms with van der Waals surface area (Å²) in [6, 6.07) is 12.2. The van der Waals surface area contributed by atoms with E-state index in [4.69, 9.17) is 0 Å². The van der Waals surface area contributed by atoms with Crippen LogP contribution in [0.3, 0.4) is 0 Å². The summed E-state index contributed by atoms with van der Waals surface area (Å²) in [5.74, 6) is 1.96. The zero-order valence-corrected chi connectivity index (χ0v) is 17.6. The highest BCUT2D eigenvalue weighted by molar-refractivity contribution is 9.10. The number of rotatable bonds is 5. The molecule has 0 saturated heterocycles. The van der Waals surface area contributed by atoms with Crippen LogP contribution in [-0.2, 0) is 5.75 Å². The quantitative estimate of drug-likeness (QED) is 0.616. The Kier molecular flexibility index (Phi) is 6.76. The third-order valence-corrected chi connectivity index (χ3v) is 6.87. The molecule has 26 heavy (non-hydrogen) atoms. The Morgan fingerprint density at radius 3 is 2.92 bits per heavy atom. The van der Waals surface area contributed by atoms with E-state index in [2.05, 4.69) is 52.2 Å². The van der Waals surface area contributed by atoms with Gasteiger partial charge in [-0.05, 0) is 48.1 Å². The Bertz CT molecular complexity index is 767. The molecule has 3 atom stereocenters. The SMILES string of the molecule is C[C@H]1[C@H](C)CCC[C@@H]1NC(=O)c1cccnc1SCc1cccc(Br)c1. The molecule has 0 aliphatic heterocycles. The monoisotopic (exact) mass is 432 g/mol. The second kappa shape index (κ2) is 9.05. The first kappa shape index (κ1) is 19.4. The van der Waals surface area contributed by atoms with E-state index in [1.54, 1.807) is 18.0 Å². The van der Waals surface area contributed by atoms with E-state index in [0.29, 0.717) is 17.4 Å². The highest BCUT2D eigenvalue weighted by Gasteiger charge is 2.29. The summed E-state index contributed by atoms with van der Waals surface area (Å²) in [6.45, 7) is 4.53. The lowest BCUT2D eigenvalue weighted by atomic mass is 9.78. The first-order valence-electron chi connectivity index (χ1n) is 9.17. The molecule has 3 rings (SSSR count). The lowest BCUT2D eigenvalue weighted by molar-refractivity contribution is 0.0887. The van der Waals surface area contributed by atoms with Gasteiger partial charge in [0.1, 0.15) is 5.03 Å². The van der Waals surface area contributed by atoms with Gasteiger partial charge in [0.15, 0.2) is 0 Å². The van der Waals surface area contributed by atoms with Crippen molar-refractivity contribution in [3.63, 3.8) is 0 Å². The molecule has 1 amide bonds. The topological polar surface area (TPSA) is 42.0 Å². The predicted octanol–water partition coefficient (Wildman–Crippen LogP) is 5.69. The van der Waals surface area contributed by atoms with Crippen molar-refractivity contribution in [1.29, 1.82) is 0 Å². The maximum Gasteiger partial charge on any atom is 0.254 e. The van der Waals surface area contributed by atoms with Gasteiger partial charge < -0.3 is 5.32 Å². The Balaban J connectivity index is 1.69. The van der Waals surface area contributed by atoms with Gasteiger partial charge in [-0.3, -0.25) is 4.79 Å². The molecule has 2 aromatic rings. The third kappa shape index (κ3) is 4.89. The molecule has 138 valence electrons. The predicted molar refractivity (Wildman–Crippen MR) is 111 cm³/mol. The fourth-order valence-electron chi connectivity index (χ4n) is 3.49. The molecule has 0 unspecified atom stereocenters. The van der Waals surface area contributed by atoms with Gasteiger partial charge in [-0.1, -0.05) is 54.8 Å².